The molecule has 0 amide bonds. The SMILES string of the molecule is CCCn1c(CC(=O)C2CC3CC3C2)nc2ccccc21. The predicted octanol–water partition coefficient (Wildman–Crippen LogP) is 3.60. The number of nitrogens with zero attached hydrogens (tertiary/aromatic N) is 2. The van der Waals surface area contributed by atoms with Gasteiger partial charge in [0.2, 0.25) is 0 Å². The summed E-state index contributed by atoms with van der Waals surface area (Å²) < 4.78 is 2.24. The van der Waals surface area contributed by atoms with E-state index < -0.39 is 0 Å². The number of rotatable bonds is 5. The Bertz CT molecular complexity index is 678. The van der Waals surface area contributed by atoms with E-state index in [0.29, 0.717) is 18.1 Å². The zero-order valence-electron chi connectivity index (χ0n) is 12.6. The lowest BCUT2D eigenvalue weighted by molar-refractivity contribution is -0.122. The number of aromatic nitrogens is 2. The van der Waals surface area contributed by atoms with Crippen molar-refractivity contribution in [2.45, 2.75) is 45.6 Å². The van der Waals surface area contributed by atoms with Crippen LogP contribution in [0.1, 0.15) is 38.4 Å². The van der Waals surface area contributed by atoms with Gasteiger partial charge in [0.25, 0.3) is 0 Å². The number of fused-ring (bicyclic) bond motifs is 2. The number of para-hydroxylation sites is 2. The Hall–Kier alpha value is -1.64. The van der Waals surface area contributed by atoms with Crippen molar-refractivity contribution in [2.24, 2.45) is 17.8 Å². The minimum absolute atomic E-state index is 0.309. The van der Waals surface area contributed by atoms with Crippen molar-refractivity contribution in [3.05, 3.63) is 30.1 Å². The number of hydrogen-bond donors (Lipinski definition) is 0. The van der Waals surface area contributed by atoms with Gasteiger partial charge in [-0.2, -0.15) is 0 Å². The largest absolute Gasteiger partial charge is 0.328 e. The van der Waals surface area contributed by atoms with Gasteiger partial charge in [-0.3, -0.25) is 4.79 Å². The molecule has 110 valence electrons. The average molecular weight is 282 g/mol. The van der Waals surface area contributed by atoms with Gasteiger partial charge in [-0.1, -0.05) is 19.1 Å². The molecule has 21 heavy (non-hydrogen) atoms. The minimum atomic E-state index is 0.309. The Morgan fingerprint density at radius 3 is 2.76 bits per heavy atom. The summed E-state index contributed by atoms with van der Waals surface area (Å²) in [6, 6.07) is 8.21. The number of benzene rings is 1. The van der Waals surface area contributed by atoms with Crippen molar-refractivity contribution in [2.75, 3.05) is 0 Å². The first kappa shape index (κ1) is 13.1. The Kier molecular flexibility index (Phi) is 3.09. The van der Waals surface area contributed by atoms with Crippen molar-refractivity contribution in [1.29, 1.82) is 0 Å². The molecule has 1 heterocycles. The number of hydrogen-bond acceptors (Lipinski definition) is 2. The van der Waals surface area contributed by atoms with E-state index in [2.05, 4.69) is 17.6 Å². The number of carbonyl (C=O) groups is 1. The van der Waals surface area contributed by atoms with E-state index in [1.54, 1.807) is 0 Å². The van der Waals surface area contributed by atoms with Gasteiger partial charge in [0.15, 0.2) is 0 Å². The maximum atomic E-state index is 12.6. The van der Waals surface area contributed by atoms with Gasteiger partial charge in [-0.15, -0.1) is 0 Å². The molecule has 2 fully saturated rings. The Morgan fingerprint density at radius 2 is 2.00 bits per heavy atom. The first-order valence-electron chi connectivity index (χ1n) is 8.23. The van der Waals surface area contributed by atoms with Crippen LogP contribution in [0.25, 0.3) is 11.0 Å². The minimum Gasteiger partial charge on any atom is -0.328 e. The smallest absolute Gasteiger partial charge is 0.143 e. The fraction of sp³-hybridized carbons (Fsp3) is 0.556. The highest BCUT2D eigenvalue weighted by atomic mass is 16.1. The summed E-state index contributed by atoms with van der Waals surface area (Å²) in [6.45, 7) is 3.11. The van der Waals surface area contributed by atoms with Crippen LogP contribution in [0, 0.1) is 17.8 Å². The summed E-state index contributed by atoms with van der Waals surface area (Å²) >= 11 is 0. The fourth-order valence-electron chi connectivity index (χ4n) is 4.01. The van der Waals surface area contributed by atoms with Gasteiger partial charge < -0.3 is 4.57 Å². The quantitative estimate of drug-likeness (QED) is 0.839. The topological polar surface area (TPSA) is 34.9 Å². The molecule has 3 heteroatoms. The van der Waals surface area contributed by atoms with Crippen molar-refractivity contribution in [1.82, 2.24) is 9.55 Å². The number of aryl methyl sites for hydroxylation is 1. The molecule has 0 saturated heterocycles. The molecule has 2 aromatic rings. The third-order valence-electron chi connectivity index (χ3n) is 5.21. The highest BCUT2D eigenvalue weighted by Gasteiger charge is 2.47. The van der Waals surface area contributed by atoms with Crippen molar-refractivity contribution >= 4 is 16.8 Å². The monoisotopic (exact) mass is 282 g/mol. The maximum Gasteiger partial charge on any atom is 0.143 e. The Labute approximate surface area is 125 Å². The van der Waals surface area contributed by atoms with Gasteiger partial charge in [-0.25, -0.2) is 4.98 Å². The lowest BCUT2D eigenvalue weighted by Crippen LogP contribution is -2.18. The molecule has 3 nitrogen and oxygen atoms in total. The van der Waals surface area contributed by atoms with Crippen LogP contribution in [-0.2, 0) is 17.8 Å². The van der Waals surface area contributed by atoms with E-state index in [0.717, 1.165) is 54.5 Å². The summed E-state index contributed by atoms with van der Waals surface area (Å²) in [5.41, 5.74) is 2.18. The number of imidazole rings is 1. The number of ketones is 1. The molecule has 0 bridgehead atoms. The summed E-state index contributed by atoms with van der Waals surface area (Å²) in [4.78, 5) is 17.3. The normalized spacial score (nSPS) is 27.0. The molecule has 0 aliphatic heterocycles. The van der Waals surface area contributed by atoms with E-state index in [-0.39, 0.29) is 0 Å². The molecule has 0 radical (unpaired) electrons. The van der Waals surface area contributed by atoms with E-state index in [4.69, 9.17) is 4.98 Å². The molecule has 4 rings (SSSR count). The van der Waals surface area contributed by atoms with Crippen LogP contribution in [-0.4, -0.2) is 15.3 Å². The number of Topliss-reactive ketones (excluding diaryl/α,β-unsaturated/α-hetero) is 1. The lowest BCUT2D eigenvalue weighted by atomic mass is 9.96. The van der Waals surface area contributed by atoms with Crippen molar-refractivity contribution in [3.8, 4) is 0 Å². The van der Waals surface area contributed by atoms with Gasteiger partial charge in [0.1, 0.15) is 11.6 Å². The first-order valence-corrected chi connectivity index (χ1v) is 8.23. The standard InChI is InChI=1S/C18H22N2O/c1-2-7-20-16-6-4-3-5-15(16)19-18(20)11-17(21)14-9-12-8-13(12)10-14/h3-6,12-14H,2,7-11H2,1H3. The lowest BCUT2D eigenvalue weighted by Gasteiger charge is -2.11. The molecule has 1 aromatic carbocycles. The van der Waals surface area contributed by atoms with Crippen LogP contribution in [0.4, 0.5) is 0 Å². The second-order valence-electron chi connectivity index (χ2n) is 6.74. The zero-order valence-corrected chi connectivity index (χ0v) is 12.6. The molecule has 2 aliphatic rings. The zero-order chi connectivity index (χ0) is 14.4. The molecule has 2 unspecified atom stereocenters. The van der Waals surface area contributed by atoms with Crippen LogP contribution in [0.5, 0.6) is 0 Å². The second-order valence-corrected chi connectivity index (χ2v) is 6.74. The van der Waals surface area contributed by atoms with E-state index in [9.17, 15) is 4.79 Å². The van der Waals surface area contributed by atoms with Gasteiger partial charge >= 0.3 is 0 Å². The van der Waals surface area contributed by atoms with Crippen LogP contribution < -0.4 is 0 Å². The van der Waals surface area contributed by atoms with Gasteiger partial charge in [-0.05, 0) is 49.7 Å². The highest BCUT2D eigenvalue weighted by Crippen LogP contribution is 2.54. The first-order chi connectivity index (χ1) is 10.3. The average Bonchev–Trinajstić information content (AvgIpc) is 2.95. The fourth-order valence-corrected chi connectivity index (χ4v) is 4.01. The summed E-state index contributed by atoms with van der Waals surface area (Å²) in [5.74, 6) is 3.42. The second kappa shape index (κ2) is 4.97. The molecule has 2 aliphatic carbocycles. The van der Waals surface area contributed by atoms with Gasteiger partial charge in [0.05, 0.1) is 17.5 Å². The van der Waals surface area contributed by atoms with Crippen LogP contribution in [0.15, 0.2) is 24.3 Å². The summed E-state index contributed by atoms with van der Waals surface area (Å²) in [5, 5.41) is 0. The van der Waals surface area contributed by atoms with E-state index >= 15 is 0 Å². The van der Waals surface area contributed by atoms with Crippen LogP contribution >= 0.6 is 0 Å². The van der Waals surface area contributed by atoms with Crippen LogP contribution in [0.2, 0.25) is 0 Å². The highest BCUT2D eigenvalue weighted by molar-refractivity contribution is 5.84. The summed E-state index contributed by atoms with van der Waals surface area (Å²) in [6.07, 6.45) is 5.22. The maximum absolute atomic E-state index is 12.6. The molecule has 1 aromatic heterocycles. The van der Waals surface area contributed by atoms with Crippen molar-refractivity contribution in [3.63, 3.8) is 0 Å². The predicted molar refractivity (Wildman–Crippen MR) is 83.1 cm³/mol. The molecule has 2 atom stereocenters. The summed E-state index contributed by atoms with van der Waals surface area (Å²) in [7, 11) is 0. The van der Waals surface area contributed by atoms with Crippen molar-refractivity contribution < 1.29 is 4.79 Å². The third-order valence-corrected chi connectivity index (χ3v) is 5.21. The van der Waals surface area contributed by atoms with E-state index in [1.807, 2.05) is 18.2 Å². The molecule has 0 N–H and O–H groups in total. The third kappa shape index (κ3) is 2.29. The van der Waals surface area contributed by atoms with E-state index in [1.165, 1.54) is 6.42 Å². The molecular weight excluding hydrogens is 260 g/mol. The van der Waals surface area contributed by atoms with Crippen LogP contribution in [0.3, 0.4) is 0 Å². The number of carbonyl (C=O) groups excluding carboxylic acids is 1. The molecular formula is C18H22N2O. The Morgan fingerprint density at radius 1 is 1.24 bits per heavy atom. The molecule has 2 saturated carbocycles. The van der Waals surface area contributed by atoms with Gasteiger partial charge in [0, 0.05) is 12.5 Å². The Balaban J connectivity index is 1.59. The molecule has 0 spiro atoms.